The Kier molecular flexibility index (Phi) is 6.15. The zero-order valence-corrected chi connectivity index (χ0v) is 9.59. The van der Waals surface area contributed by atoms with Crippen LogP contribution >= 0.6 is 0 Å². The molecule has 1 fully saturated rings. The summed E-state index contributed by atoms with van der Waals surface area (Å²) < 4.78 is 5.30. The first-order valence-corrected chi connectivity index (χ1v) is 5.82. The lowest BCUT2D eigenvalue weighted by atomic mass is 10.2. The standard InChI is InChI=1S/C11H24N2O/c1-11(2)12-5-3-4-6-13-7-9-14-10-8-13/h11-12H,3-10H2,1-2H3. The van der Waals surface area contributed by atoms with E-state index in [0.717, 1.165) is 32.8 Å². The molecule has 0 aromatic carbocycles. The molecule has 3 heteroatoms. The van der Waals surface area contributed by atoms with Crippen molar-refractivity contribution in [1.82, 2.24) is 10.2 Å². The largest absolute Gasteiger partial charge is 0.379 e. The highest BCUT2D eigenvalue weighted by Crippen LogP contribution is 1.99. The maximum Gasteiger partial charge on any atom is 0.0594 e. The molecule has 0 radical (unpaired) electrons. The normalized spacial score (nSPS) is 19.1. The van der Waals surface area contributed by atoms with Gasteiger partial charge in [0.2, 0.25) is 0 Å². The summed E-state index contributed by atoms with van der Waals surface area (Å²) in [5, 5.41) is 3.44. The molecule has 84 valence electrons. The summed E-state index contributed by atoms with van der Waals surface area (Å²) in [5.41, 5.74) is 0. The molecule has 0 unspecified atom stereocenters. The lowest BCUT2D eigenvalue weighted by Gasteiger charge is -2.26. The number of morpholine rings is 1. The van der Waals surface area contributed by atoms with Crippen LogP contribution < -0.4 is 5.32 Å². The molecule has 1 N–H and O–H groups in total. The molecule has 0 atom stereocenters. The van der Waals surface area contributed by atoms with E-state index in [9.17, 15) is 0 Å². The van der Waals surface area contributed by atoms with Gasteiger partial charge in [0.05, 0.1) is 13.2 Å². The Bertz CT molecular complexity index is 133. The van der Waals surface area contributed by atoms with Crippen LogP contribution in [0.3, 0.4) is 0 Å². The predicted octanol–water partition coefficient (Wildman–Crippen LogP) is 1.10. The Balaban J connectivity index is 1.87. The summed E-state index contributed by atoms with van der Waals surface area (Å²) >= 11 is 0. The average molecular weight is 200 g/mol. The lowest BCUT2D eigenvalue weighted by Crippen LogP contribution is -2.37. The fraction of sp³-hybridized carbons (Fsp3) is 1.00. The zero-order valence-electron chi connectivity index (χ0n) is 9.59. The number of nitrogens with one attached hydrogen (secondary N) is 1. The molecule has 14 heavy (non-hydrogen) atoms. The Morgan fingerprint density at radius 1 is 1.21 bits per heavy atom. The van der Waals surface area contributed by atoms with Gasteiger partial charge in [0.15, 0.2) is 0 Å². The third-order valence-corrected chi connectivity index (χ3v) is 2.56. The highest BCUT2D eigenvalue weighted by atomic mass is 16.5. The third-order valence-electron chi connectivity index (χ3n) is 2.56. The molecule has 0 bridgehead atoms. The molecular formula is C11H24N2O. The van der Waals surface area contributed by atoms with E-state index in [1.807, 2.05) is 0 Å². The zero-order chi connectivity index (χ0) is 10.2. The Labute approximate surface area is 87.8 Å². The van der Waals surface area contributed by atoms with Crippen LogP contribution in [0.2, 0.25) is 0 Å². The SMILES string of the molecule is CC(C)NCCCCN1CCOCC1. The van der Waals surface area contributed by atoms with Gasteiger partial charge in [0, 0.05) is 19.1 Å². The molecule has 0 saturated carbocycles. The van der Waals surface area contributed by atoms with Crippen molar-refractivity contribution in [2.24, 2.45) is 0 Å². The summed E-state index contributed by atoms with van der Waals surface area (Å²) in [6, 6.07) is 0.624. The van der Waals surface area contributed by atoms with Gasteiger partial charge in [-0.3, -0.25) is 4.90 Å². The second-order valence-corrected chi connectivity index (χ2v) is 4.27. The molecule has 3 nitrogen and oxygen atoms in total. The molecule has 1 heterocycles. The minimum absolute atomic E-state index is 0.624. The number of ether oxygens (including phenoxy) is 1. The van der Waals surface area contributed by atoms with E-state index in [4.69, 9.17) is 4.74 Å². The maximum absolute atomic E-state index is 5.30. The van der Waals surface area contributed by atoms with Crippen molar-refractivity contribution >= 4 is 0 Å². The molecule has 0 aromatic rings. The molecular weight excluding hydrogens is 176 g/mol. The summed E-state index contributed by atoms with van der Waals surface area (Å²) in [6.07, 6.45) is 2.59. The predicted molar refractivity (Wildman–Crippen MR) is 59.6 cm³/mol. The highest BCUT2D eigenvalue weighted by molar-refractivity contribution is 4.62. The first-order chi connectivity index (χ1) is 6.79. The smallest absolute Gasteiger partial charge is 0.0594 e. The van der Waals surface area contributed by atoms with Crippen LogP contribution in [0.4, 0.5) is 0 Å². The second-order valence-electron chi connectivity index (χ2n) is 4.27. The summed E-state index contributed by atoms with van der Waals surface area (Å²) in [7, 11) is 0. The average Bonchev–Trinajstić information content (AvgIpc) is 2.18. The Morgan fingerprint density at radius 2 is 1.93 bits per heavy atom. The first-order valence-electron chi connectivity index (χ1n) is 5.82. The van der Waals surface area contributed by atoms with Crippen molar-refractivity contribution in [2.45, 2.75) is 32.7 Å². The minimum atomic E-state index is 0.624. The summed E-state index contributed by atoms with van der Waals surface area (Å²) in [4.78, 5) is 2.50. The molecule has 0 amide bonds. The van der Waals surface area contributed by atoms with E-state index in [1.54, 1.807) is 0 Å². The van der Waals surface area contributed by atoms with E-state index >= 15 is 0 Å². The van der Waals surface area contributed by atoms with Crippen molar-refractivity contribution in [3.63, 3.8) is 0 Å². The molecule has 0 aromatic heterocycles. The number of hydrogen-bond donors (Lipinski definition) is 1. The maximum atomic E-state index is 5.30. The molecule has 0 spiro atoms. The van der Waals surface area contributed by atoms with Gasteiger partial charge >= 0.3 is 0 Å². The van der Waals surface area contributed by atoms with Crippen LogP contribution in [-0.2, 0) is 4.74 Å². The van der Waals surface area contributed by atoms with Crippen molar-refractivity contribution in [3.05, 3.63) is 0 Å². The van der Waals surface area contributed by atoms with Gasteiger partial charge in [-0.25, -0.2) is 0 Å². The molecule has 1 aliphatic rings. The number of nitrogens with zero attached hydrogens (tertiary/aromatic N) is 1. The summed E-state index contributed by atoms with van der Waals surface area (Å²) in [6.45, 7) is 10.9. The van der Waals surface area contributed by atoms with E-state index in [0.29, 0.717) is 6.04 Å². The van der Waals surface area contributed by atoms with Gasteiger partial charge in [0.1, 0.15) is 0 Å². The van der Waals surface area contributed by atoms with Crippen molar-refractivity contribution in [2.75, 3.05) is 39.4 Å². The van der Waals surface area contributed by atoms with Crippen LogP contribution in [0.15, 0.2) is 0 Å². The minimum Gasteiger partial charge on any atom is -0.379 e. The monoisotopic (exact) mass is 200 g/mol. The first kappa shape index (κ1) is 12.0. The fourth-order valence-corrected chi connectivity index (χ4v) is 1.68. The van der Waals surface area contributed by atoms with Crippen molar-refractivity contribution in [1.29, 1.82) is 0 Å². The van der Waals surface area contributed by atoms with Gasteiger partial charge in [-0.2, -0.15) is 0 Å². The second kappa shape index (κ2) is 7.21. The van der Waals surface area contributed by atoms with E-state index in [2.05, 4.69) is 24.1 Å². The van der Waals surface area contributed by atoms with Gasteiger partial charge in [0.25, 0.3) is 0 Å². The summed E-state index contributed by atoms with van der Waals surface area (Å²) in [5.74, 6) is 0. The third kappa shape index (κ3) is 5.58. The number of unbranched alkanes of at least 4 members (excludes halogenated alkanes) is 1. The van der Waals surface area contributed by atoms with Gasteiger partial charge in [-0.05, 0) is 25.9 Å². The number of rotatable bonds is 6. The van der Waals surface area contributed by atoms with Crippen LogP contribution in [0.25, 0.3) is 0 Å². The highest BCUT2D eigenvalue weighted by Gasteiger charge is 2.08. The quantitative estimate of drug-likeness (QED) is 0.650. The van der Waals surface area contributed by atoms with Crippen LogP contribution in [0.1, 0.15) is 26.7 Å². The van der Waals surface area contributed by atoms with Crippen LogP contribution in [0.5, 0.6) is 0 Å². The van der Waals surface area contributed by atoms with Crippen molar-refractivity contribution in [3.8, 4) is 0 Å². The van der Waals surface area contributed by atoms with Crippen molar-refractivity contribution < 1.29 is 4.74 Å². The molecule has 1 saturated heterocycles. The topological polar surface area (TPSA) is 24.5 Å². The molecule has 0 aliphatic carbocycles. The van der Waals surface area contributed by atoms with E-state index in [1.165, 1.54) is 19.4 Å². The lowest BCUT2D eigenvalue weighted by molar-refractivity contribution is 0.0372. The molecule has 1 rings (SSSR count). The fourth-order valence-electron chi connectivity index (χ4n) is 1.68. The van der Waals surface area contributed by atoms with Gasteiger partial charge in [-0.1, -0.05) is 13.8 Å². The Morgan fingerprint density at radius 3 is 2.57 bits per heavy atom. The van der Waals surface area contributed by atoms with Gasteiger partial charge in [-0.15, -0.1) is 0 Å². The molecule has 1 aliphatic heterocycles. The van der Waals surface area contributed by atoms with Crippen LogP contribution in [0, 0.1) is 0 Å². The van der Waals surface area contributed by atoms with E-state index < -0.39 is 0 Å². The van der Waals surface area contributed by atoms with Gasteiger partial charge < -0.3 is 10.1 Å². The van der Waals surface area contributed by atoms with E-state index in [-0.39, 0.29) is 0 Å². The Hall–Kier alpha value is -0.120. The van der Waals surface area contributed by atoms with Crippen LogP contribution in [-0.4, -0.2) is 50.3 Å². The number of hydrogen-bond acceptors (Lipinski definition) is 3.